The number of hydrogen-bond donors (Lipinski definition) is 2. The third-order valence-corrected chi connectivity index (χ3v) is 3.99. The van der Waals surface area contributed by atoms with Crippen LogP contribution < -0.4 is 5.32 Å². The normalized spacial score (nSPS) is 24.7. The van der Waals surface area contributed by atoms with E-state index in [1.807, 2.05) is 0 Å². The molecule has 1 aliphatic rings. The standard InChI is InChI=1S/C12H14BrClFNO/c13-8-5-7(15)6-9(14)12(8)16-10-3-1-2-4-11(10)17/h5-6,10-11,16-17H,1-4H2. The lowest BCUT2D eigenvalue weighted by molar-refractivity contribution is 0.116. The topological polar surface area (TPSA) is 32.3 Å². The van der Waals surface area contributed by atoms with Gasteiger partial charge in [0.1, 0.15) is 5.82 Å². The van der Waals surface area contributed by atoms with Gasteiger partial charge in [0.2, 0.25) is 0 Å². The molecule has 0 bridgehead atoms. The molecule has 2 rings (SSSR count). The second-order valence-corrected chi connectivity index (χ2v) is 5.61. The van der Waals surface area contributed by atoms with Crippen LogP contribution in [0.2, 0.25) is 5.02 Å². The molecule has 2 unspecified atom stereocenters. The van der Waals surface area contributed by atoms with Gasteiger partial charge < -0.3 is 10.4 Å². The van der Waals surface area contributed by atoms with Gasteiger partial charge in [-0.3, -0.25) is 0 Å². The van der Waals surface area contributed by atoms with Crippen molar-refractivity contribution in [1.29, 1.82) is 0 Å². The van der Waals surface area contributed by atoms with Gasteiger partial charge in [-0.2, -0.15) is 0 Å². The van der Waals surface area contributed by atoms with Crippen LogP contribution in [0.25, 0.3) is 0 Å². The van der Waals surface area contributed by atoms with E-state index < -0.39 is 0 Å². The van der Waals surface area contributed by atoms with E-state index in [4.69, 9.17) is 11.6 Å². The second-order valence-electron chi connectivity index (χ2n) is 4.35. The number of benzene rings is 1. The summed E-state index contributed by atoms with van der Waals surface area (Å²) in [4.78, 5) is 0. The molecular weight excluding hydrogens is 308 g/mol. The van der Waals surface area contributed by atoms with E-state index in [0.29, 0.717) is 15.2 Å². The highest BCUT2D eigenvalue weighted by Crippen LogP contribution is 2.34. The monoisotopic (exact) mass is 321 g/mol. The Balaban J connectivity index is 2.17. The lowest BCUT2D eigenvalue weighted by atomic mass is 9.92. The van der Waals surface area contributed by atoms with Gasteiger partial charge in [0.25, 0.3) is 0 Å². The van der Waals surface area contributed by atoms with Crippen LogP contribution in [-0.4, -0.2) is 17.3 Å². The first-order chi connectivity index (χ1) is 8.08. The molecule has 2 nitrogen and oxygen atoms in total. The van der Waals surface area contributed by atoms with Gasteiger partial charge in [-0.1, -0.05) is 24.4 Å². The summed E-state index contributed by atoms with van der Waals surface area (Å²) in [6.45, 7) is 0. The van der Waals surface area contributed by atoms with E-state index in [1.165, 1.54) is 12.1 Å². The minimum Gasteiger partial charge on any atom is -0.391 e. The number of rotatable bonds is 2. The van der Waals surface area contributed by atoms with Crippen LogP contribution in [-0.2, 0) is 0 Å². The van der Waals surface area contributed by atoms with E-state index in [9.17, 15) is 9.50 Å². The summed E-state index contributed by atoms with van der Waals surface area (Å²) in [7, 11) is 0. The zero-order valence-electron chi connectivity index (χ0n) is 9.22. The number of anilines is 1. The molecule has 1 fully saturated rings. The minimum absolute atomic E-state index is 0.0111. The maximum Gasteiger partial charge on any atom is 0.125 e. The fourth-order valence-corrected chi connectivity index (χ4v) is 3.07. The molecule has 5 heteroatoms. The van der Waals surface area contributed by atoms with Crippen molar-refractivity contribution in [2.45, 2.75) is 37.8 Å². The minimum atomic E-state index is -0.378. The van der Waals surface area contributed by atoms with Crippen LogP contribution in [0.4, 0.5) is 10.1 Å². The molecule has 0 aromatic heterocycles. The number of hydrogen-bond acceptors (Lipinski definition) is 2. The van der Waals surface area contributed by atoms with Crippen molar-refractivity contribution in [3.05, 3.63) is 27.4 Å². The lowest BCUT2D eigenvalue weighted by Crippen LogP contribution is -2.36. The molecule has 0 heterocycles. The summed E-state index contributed by atoms with van der Waals surface area (Å²) >= 11 is 9.26. The smallest absolute Gasteiger partial charge is 0.125 e. The van der Waals surface area contributed by atoms with Crippen LogP contribution in [0.5, 0.6) is 0 Å². The first-order valence-corrected chi connectivity index (χ1v) is 6.84. The number of aliphatic hydroxyl groups excluding tert-OH is 1. The highest BCUT2D eigenvalue weighted by Gasteiger charge is 2.24. The SMILES string of the molecule is OC1CCCCC1Nc1c(Cl)cc(F)cc1Br. The Bertz CT molecular complexity index is 392. The van der Waals surface area contributed by atoms with E-state index in [0.717, 1.165) is 25.7 Å². The van der Waals surface area contributed by atoms with Gasteiger partial charge in [0.05, 0.1) is 22.9 Å². The van der Waals surface area contributed by atoms with Crippen LogP contribution in [0.1, 0.15) is 25.7 Å². The molecule has 1 aliphatic carbocycles. The fraction of sp³-hybridized carbons (Fsp3) is 0.500. The summed E-state index contributed by atoms with van der Waals surface area (Å²) in [6, 6.07) is 2.62. The molecular formula is C12H14BrClFNO. The fourth-order valence-electron chi connectivity index (χ4n) is 2.15. The van der Waals surface area contributed by atoms with E-state index in [2.05, 4.69) is 21.2 Å². The summed E-state index contributed by atoms with van der Waals surface area (Å²) in [5, 5.41) is 13.4. The Hall–Kier alpha value is -0.320. The van der Waals surface area contributed by atoms with Gasteiger partial charge >= 0.3 is 0 Å². The molecule has 94 valence electrons. The van der Waals surface area contributed by atoms with Crippen LogP contribution in [0.15, 0.2) is 16.6 Å². The zero-order chi connectivity index (χ0) is 12.4. The third kappa shape index (κ3) is 3.12. The molecule has 2 N–H and O–H groups in total. The quantitative estimate of drug-likeness (QED) is 0.864. The molecule has 17 heavy (non-hydrogen) atoms. The van der Waals surface area contributed by atoms with Gasteiger partial charge in [0.15, 0.2) is 0 Å². The summed E-state index contributed by atoms with van der Waals surface area (Å²) in [5.41, 5.74) is 0.652. The van der Waals surface area contributed by atoms with E-state index >= 15 is 0 Å². The van der Waals surface area contributed by atoms with Gasteiger partial charge in [-0.25, -0.2) is 4.39 Å². The molecule has 0 radical (unpaired) electrons. The van der Waals surface area contributed by atoms with Crippen LogP contribution >= 0.6 is 27.5 Å². The van der Waals surface area contributed by atoms with Crippen molar-refractivity contribution in [3.8, 4) is 0 Å². The van der Waals surface area contributed by atoms with Gasteiger partial charge in [0, 0.05) is 4.47 Å². The van der Waals surface area contributed by atoms with E-state index in [1.54, 1.807) is 0 Å². The van der Waals surface area contributed by atoms with Crippen molar-refractivity contribution in [2.75, 3.05) is 5.32 Å². The highest BCUT2D eigenvalue weighted by molar-refractivity contribution is 9.10. The summed E-state index contributed by atoms with van der Waals surface area (Å²) < 4.78 is 13.7. The Labute approximate surface area is 113 Å². The average molecular weight is 323 g/mol. The predicted molar refractivity (Wildman–Crippen MR) is 71.0 cm³/mol. The largest absolute Gasteiger partial charge is 0.391 e. The molecule has 1 aromatic carbocycles. The highest BCUT2D eigenvalue weighted by atomic mass is 79.9. The summed E-state index contributed by atoms with van der Waals surface area (Å²) in [6.07, 6.45) is 3.48. The predicted octanol–water partition coefficient (Wildman–Crippen LogP) is 3.96. The first-order valence-electron chi connectivity index (χ1n) is 5.67. The maximum absolute atomic E-state index is 13.1. The molecule has 0 aliphatic heterocycles. The Morgan fingerprint density at radius 3 is 2.71 bits per heavy atom. The van der Waals surface area contributed by atoms with Gasteiger partial charge in [-0.15, -0.1) is 0 Å². The molecule has 2 atom stereocenters. The van der Waals surface area contributed by atoms with Crippen LogP contribution in [0.3, 0.4) is 0 Å². The summed E-state index contributed by atoms with van der Waals surface area (Å²) in [5.74, 6) is -0.378. The number of nitrogens with one attached hydrogen (secondary N) is 1. The Morgan fingerprint density at radius 1 is 1.35 bits per heavy atom. The second kappa shape index (κ2) is 5.55. The van der Waals surface area contributed by atoms with Gasteiger partial charge in [-0.05, 0) is 40.9 Å². The Kier molecular flexibility index (Phi) is 4.28. The lowest BCUT2D eigenvalue weighted by Gasteiger charge is -2.30. The number of aliphatic hydroxyl groups is 1. The van der Waals surface area contributed by atoms with Crippen molar-refractivity contribution in [3.63, 3.8) is 0 Å². The van der Waals surface area contributed by atoms with E-state index in [-0.39, 0.29) is 18.0 Å². The Morgan fingerprint density at radius 2 is 2.06 bits per heavy atom. The average Bonchev–Trinajstić information content (AvgIpc) is 2.25. The van der Waals surface area contributed by atoms with Crippen molar-refractivity contribution < 1.29 is 9.50 Å². The molecule has 0 amide bonds. The van der Waals surface area contributed by atoms with Crippen LogP contribution in [0, 0.1) is 5.82 Å². The number of halogens is 3. The third-order valence-electron chi connectivity index (χ3n) is 3.07. The molecule has 1 aromatic rings. The maximum atomic E-state index is 13.1. The van der Waals surface area contributed by atoms with Crippen molar-refractivity contribution in [2.24, 2.45) is 0 Å². The molecule has 0 spiro atoms. The molecule has 0 saturated heterocycles. The molecule has 1 saturated carbocycles. The van der Waals surface area contributed by atoms with Crippen molar-refractivity contribution in [1.82, 2.24) is 0 Å². The van der Waals surface area contributed by atoms with Crippen molar-refractivity contribution >= 4 is 33.2 Å². The zero-order valence-corrected chi connectivity index (χ0v) is 11.6. The first kappa shape index (κ1) is 13.1.